The van der Waals surface area contributed by atoms with Gasteiger partial charge in [0.25, 0.3) is 0 Å². The second-order valence-corrected chi connectivity index (χ2v) is 8.70. The third kappa shape index (κ3) is 4.08. The Balaban J connectivity index is 1.43. The van der Waals surface area contributed by atoms with Gasteiger partial charge in [0.1, 0.15) is 0 Å². The lowest BCUT2D eigenvalue weighted by Gasteiger charge is -2.30. The van der Waals surface area contributed by atoms with Crippen molar-refractivity contribution in [3.05, 3.63) is 58.7 Å². The number of rotatable bonds is 2. The Bertz CT molecular complexity index is 845. The summed E-state index contributed by atoms with van der Waals surface area (Å²) in [5.41, 5.74) is 7.20. The number of carbonyl (C=O) groups excluding carboxylic acids is 1. The summed E-state index contributed by atoms with van der Waals surface area (Å²) in [5, 5.41) is 3.12. The van der Waals surface area contributed by atoms with Crippen LogP contribution in [0.15, 0.2) is 36.4 Å². The first-order valence-corrected chi connectivity index (χ1v) is 10.8. The number of carbonyl (C=O) groups is 1. The van der Waals surface area contributed by atoms with Crippen molar-refractivity contribution < 1.29 is 4.79 Å². The number of aryl methyl sites for hydroxylation is 2. The quantitative estimate of drug-likeness (QED) is 0.835. The van der Waals surface area contributed by atoms with Gasteiger partial charge < -0.3 is 15.1 Å². The number of amides is 2. The molecule has 5 heteroatoms. The fourth-order valence-electron chi connectivity index (χ4n) is 3.86. The van der Waals surface area contributed by atoms with Crippen molar-refractivity contribution in [3.8, 4) is 0 Å². The molecule has 2 aromatic rings. The molecule has 4 rings (SSSR count). The lowest BCUT2D eigenvalue weighted by molar-refractivity contribution is 0.206. The summed E-state index contributed by atoms with van der Waals surface area (Å²) < 4.78 is 0. The maximum atomic E-state index is 12.8. The molecule has 27 heavy (non-hydrogen) atoms. The first-order chi connectivity index (χ1) is 13.1. The lowest BCUT2D eigenvalue weighted by atomic mass is 9.98. The van der Waals surface area contributed by atoms with Gasteiger partial charge in [-0.25, -0.2) is 4.79 Å². The highest BCUT2D eigenvalue weighted by Crippen LogP contribution is 2.26. The highest BCUT2D eigenvalue weighted by Gasteiger charge is 2.21. The van der Waals surface area contributed by atoms with Crippen LogP contribution in [0.25, 0.3) is 0 Å². The largest absolute Gasteiger partial charge is 0.370 e. The van der Waals surface area contributed by atoms with Crippen LogP contribution in [0.2, 0.25) is 0 Å². The van der Waals surface area contributed by atoms with Crippen LogP contribution in [0.1, 0.15) is 22.3 Å². The van der Waals surface area contributed by atoms with Crippen LogP contribution in [0.3, 0.4) is 0 Å². The molecular formula is C22H27N3OS. The van der Waals surface area contributed by atoms with Crippen LogP contribution in [0.5, 0.6) is 0 Å². The van der Waals surface area contributed by atoms with E-state index in [9.17, 15) is 4.79 Å². The van der Waals surface area contributed by atoms with Crippen molar-refractivity contribution in [1.82, 2.24) is 4.90 Å². The van der Waals surface area contributed by atoms with Crippen molar-refractivity contribution in [2.24, 2.45) is 0 Å². The van der Waals surface area contributed by atoms with Gasteiger partial charge in [-0.1, -0.05) is 23.8 Å². The summed E-state index contributed by atoms with van der Waals surface area (Å²) in [6.45, 7) is 7.85. The van der Waals surface area contributed by atoms with Crippen molar-refractivity contribution >= 4 is 29.2 Å². The van der Waals surface area contributed by atoms with E-state index >= 15 is 0 Å². The molecule has 2 aliphatic rings. The summed E-state index contributed by atoms with van der Waals surface area (Å²) >= 11 is 2.02. The molecule has 142 valence electrons. The van der Waals surface area contributed by atoms with Gasteiger partial charge in [-0.2, -0.15) is 11.8 Å². The van der Waals surface area contributed by atoms with Crippen molar-refractivity contribution in [2.75, 3.05) is 41.4 Å². The topological polar surface area (TPSA) is 35.6 Å². The van der Waals surface area contributed by atoms with Crippen LogP contribution < -0.4 is 10.2 Å². The predicted molar refractivity (Wildman–Crippen MR) is 115 cm³/mol. The zero-order valence-electron chi connectivity index (χ0n) is 16.1. The average Bonchev–Trinajstić information content (AvgIpc) is 2.69. The van der Waals surface area contributed by atoms with Crippen molar-refractivity contribution in [1.29, 1.82) is 0 Å². The van der Waals surface area contributed by atoms with E-state index in [2.05, 4.69) is 54.4 Å². The number of hydrogen-bond acceptors (Lipinski definition) is 3. The number of anilines is 2. The molecule has 0 atom stereocenters. The molecular weight excluding hydrogens is 354 g/mol. The first kappa shape index (κ1) is 18.2. The van der Waals surface area contributed by atoms with Crippen molar-refractivity contribution in [2.45, 2.75) is 26.8 Å². The molecule has 2 amide bonds. The monoisotopic (exact) mass is 381 g/mol. The van der Waals surface area contributed by atoms with Crippen LogP contribution in [0, 0.1) is 13.8 Å². The van der Waals surface area contributed by atoms with Gasteiger partial charge in [0.2, 0.25) is 0 Å². The number of thioether (sulfide) groups is 1. The Labute approximate surface area is 165 Å². The molecule has 1 saturated heterocycles. The van der Waals surface area contributed by atoms with E-state index in [-0.39, 0.29) is 6.03 Å². The highest BCUT2D eigenvalue weighted by molar-refractivity contribution is 7.99. The minimum Gasteiger partial charge on any atom is -0.370 e. The van der Waals surface area contributed by atoms with Crippen LogP contribution in [-0.4, -0.2) is 42.1 Å². The molecule has 2 aliphatic heterocycles. The standard InChI is InChI=1S/C22H27N3OS/c1-16-3-4-19-15-25(8-7-18(19)13-16)22(26)23-21-6-5-20(14-17(21)2)24-9-11-27-12-10-24/h3-6,13-14H,7-12,15H2,1-2H3,(H,23,26). The fraction of sp³-hybridized carbons (Fsp3) is 0.409. The number of fused-ring (bicyclic) bond motifs is 1. The molecule has 0 bridgehead atoms. The second-order valence-electron chi connectivity index (χ2n) is 7.47. The molecule has 0 radical (unpaired) electrons. The van der Waals surface area contributed by atoms with E-state index in [1.165, 1.54) is 33.9 Å². The molecule has 2 heterocycles. The lowest BCUT2D eigenvalue weighted by Crippen LogP contribution is -2.39. The van der Waals surface area contributed by atoms with E-state index in [0.717, 1.165) is 37.3 Å². The maximum Gasteiger partial charge on any atom is 0.322 e. The van der Waals surface area contributed by atoms with E-state index in [1.54, 1.807) is 0 Å². The average molecular weight is 382 g/mol. The van der Waals surface area contributed by atoms with Crippen LogP contribution in [-0.2, 0) is 13.0 Å². The second kappa shape index (κ2) is 7.85. The highest BCUT2D eigenvalue weighted by atomic mass is 32.2. The molecule has 0 aliphatic carbocycles. The Morgan fingerprint density at radius 2 is 1.81 bits per heavy atom. The fourth-order valence-corrected chi connectivity index (χ4v) is 4.76. The Hall–Kier alpha value is -2.14. The number of urea groups is 1. The molecule has 1 fully saturated rings. The number of benzene rings is 2. The Morgan fingerprint density at radius 3 is 2.59 bits per heavy atom. The Morgan fingerprint density at radius 1 is 1.00 bits per heavy atom. The van der Waals surface area contributed by atoms with Gasteiger partial charge in [0, 0.05) is 49.1 Å². The zero-order chi connectivity index (χ0) is 18.8. The van der Waals surface area contributed by atoms with Gasteiger partial charge in [-0.3, -0.25) is 0 Å². The Kier molecular flexibility index (Phi) is 5.30. The molecule has 1 N–H and O–H groups in total. The summed E-state index contributed by atoms with van der Waals surface area (Å²) in [5.74, 6) is 2.38. The smallest absolute Gasteiger partial charge is 0.322 e. The molecule has 0 spiro atoms. The van der Waals surface area contributed by atoms with Crippen LogP contribution in [0.4, 0.5) is 16.2 Å². The normalized spacial score (nSPS) is 16.8. The van der Waals surface area contributed by atoms with Gasteiger partial charge in [0.15, 0.2) is 0 Å². The van der Waals surface area contributed by atoms with Crippen LogP contribution >= 0.6 is 11.8 Å². The number of nitrogens with zero attached hydrogens (tertiary/aromatic N) is 2. The van der Waals surface area contributed by atoms with Gasteiger partial charge in [-0.05, 0) is 55.2 Å². The first-order valence-electron chi connectivity index (χ1n) is 9.68. The zero-order valence-corrected chi connectivity index (χ0v) is 16.9. The van der Waals surface area contributed by atoms with E-state index in [0.29, 0.717) is 6.54 Å². The minimum absolute atomic E-state index is 0.00792. The maximum absolute atomic E-state index is 12.8. The number of nitrogens with one attached hydrogen (secondary N) is 1. The van der Waals surface area contributed by atoms with E-state index in [1.807, 2.05) is 22.7 Å². The van der Waals surface area contributed by atoms with Gasteiger partial charge in [-0.15, -0.1) is 0 Å². The minimum atomic E-state index is -0.00792. The van der Waals surface area contributed by atoms with E-state index < -0.39 is 0 Å². The van der Waals surface area contributed by atoms with Crippen molar-refractivity contribution in [3.63, 3.8) is 0 Å². The number of hydrogen-bond donors (Lipinski definition) is 1. The summed E-state index contributed by atoms with van der Waals surface area (Å²) in [7, 11) is 0. The molecule has 2 aromatic carbocycles. The van der Waals surface area contributed by atoms with Gasteiger partial charge in [0.05, 0.1) is 0 Å². The third-order valence-corrected chi connectivity index (χ3v) is 6.43. The summed E-state index contributed by atoms with van der Waals surface area (Å²) in [6, 6.07) is 12.9. The molecule has 4 nitrogen and oxygen atoms in total. The SMILES string of the molecule is Cc1ccc2c(c1)CCN(C(=O)Nc1ccc(N3CCSCC3)cc1C)C2. The third-order valence-electron chi connectivity index (χ3n) is 5.49. The predicted octanol–water partition coefficient (Wildman–Crippen LogP) is 4.45. The van der Waals surface area contributed by atoms with E-state index in [4.69, 9.17) is 0 Å². The molecule has 0 saturated carbocycles. The molecule has 0 aromatic heterocycles. The summed E-state index contributed by atoms with van der Waals surface area (Å²) in [4.78, 5) is 17.1. The molecule has 0 unspecified atom stereocenters. The summed E-state index contributed by atoms with van der Waals surface area (Å²) in [6.07, 6.45) is 0.926. The van der Waals surface area contributed by atoms with Gasteiger partial charge >= 0.3 is 6.03 Å².